The number of ether oxygens (including phenoxy) is 1. The summed E-state index contributed by atoms with van der Waals surface area (Å²) in [6.07, 6.45) is 0. The Bertz CT molecular complexity index is 255. The monoisotopic (exact) mass is 157 g/mol. The average Bonchev–Trinajstić information content (AvgIpc) is 2.17. The molecule has 0 saturated heterocycles. The zero-order valence-electron chi connectivity index (χ0n) is 6.12. The van der Waals surface area contributed by atoms with Gasteiger partial charge < -0.3 is 9.84 Å². The summed E-state index contributed by atoms with van der Waals surface area (Å²) in [6, 6.07) is 0. The van der Waals surface area contributed by atoms with E-state index < -0.39 is 17.6 Å². The highest BCUT2D eigenvalue weighted by molar-refractivity contribution is 6.16. The molecule has 1 aliphatic heterocycles. The van der Waals surface area contributed by atoms with Crippen LogP contribution in [0.3, 0.4) is 0 Å². The molecule has 0 fully saturated rings. The van der Waals surface area contributed by atoms with Gasteiger partial charge in [-0.3, -0.25) is 14.5 Å². The lowest BCUT2D eigenvalue weighted by atomic mass is 10.4. The molecule has 2 amide bonds. The summed E-state index contributed by atoms with van der Waals surface area (Å²) < 4.78 is 4.49. The summed E-state index contributed by atoms with van der Waals surface area (Å²) in [4.78, 5) is 22.5. The number of carbonyl (C=O) groups excluding carboxylic acids is 2. The molecule has 1 rings (SSSR count). The predicted molar refractivity (Wildman–Crippen MR) is 34.4 cm³/mol. The van der Waals surface area contributed by atoms with Crippen LogP contribution in [0.15, 0.2) is 11.5 Å². The molecule has 1 heterocycles. The molecule has 5 heteroatoms. The Kier molecular flexibility index (Phi) is 1.56. The Morgan fingerprint density at radius 2 is 1.91 bits per heavy atom. The molecule has 0 atom stereocenters. The molecule has 11 heavy (non-hydrogen) atoms. The van der Waals surface area contributed by atoms with Crippen molar-refractivity contribution < 1.29 is 19.4 Å². The first kappa shape index (κ1) is 7.59. The van der Waals surface area contributed by atoms with Crippen molar-refractivity contribution in [2.75, 3.05) is 14.2 Å². The van der Waals surface area contributed by atoms with Gasteiger partial charge in [-0.1, -0.05) is 0 Å². The van der Waals surface area contributed by atoms with Gasteiger partial charge in [-0.25, -0.2) is 0 Å². The number of nitrogens with zero attached hydrogens (tertiary/aromatic N) is 1. The highest BCUT2D eigenvalue weighted by Gasteiger charge is 2.36. The second-order valence-electron chi connectivity index (χ2n) is 2.05. The molecule has 60 valence electrons. The summed E-state index contributed by atoms with van der Waals surface area (Å²) in [5, 5.41) is 8.94. The number of methoxy groups -OCH3 is 1. The van der Waals surface area contributed by atoms with Crippen molar-refractivity contribution in [3.8, 4) is 0 Å². The molecule has 0 saturated carbocycles. The fourth-order valence-corrected chi connectivity index (χ4v) is 0.786. The fourth-order valence-electron chi connectivity index (χ4n) is 0.786. The van der Waals surface area contributed by atoms with Gasteiger partial charge in [0.1, 0.15) is 0 Å². The maximum Gasteiger partial charge on any atom is 0.299 e. The number of aliphatic hydroxyl groups is 1. The minimum atomic E-state index is -0.730. The van der Waals surface area contributed by atoms with Gasteiger partial charge in [0, 0.05) is 7.05 Å². The maximum absolute atomic E-state index is 10.9. The number of hydrogen-bond acceptors (Lipinski definition) is 4. The second kappa shape index (κ2) is 2.26. The number of imide groups is 1. The highest BCUT2D eigenvalue weighted by Crippen LogP contribution is 2.16. The van der Waals surface area contributed by atoms with Crippen LogP contribution in [-0.4, -0.2) is 36.0 Å². The van der Waals surface area contributed by atoms with Crippen molar-refractivity contribution >= 4 is 11.8 Å². The smallest absolute Gasteiger partial charge is 0.299 e. The number of rotatable bonds is 1. The zero-order chi connectivity index (χ0) is 8.59. The first-order valence-corrected chi connectivity index (χ1v) is 2.89. The van der Waals surface area contributed by atoms with E-state index in [1.54, 1.807) is 0 Å². The third-order valence-electron chi connectivity index (χ3n) is 1.43. The van der Waals surface area contributed by atoms with Gasteiger partial charge in [-0.2, -0.15) is 0 Å². The van der Waals surface area contributed by atoms with E-state index in [0.717, 1.165) is 4.90 Å². The van der Waals surface area contributed by atoms with Gasteiger partial charge in [-0.15, -0.1) is 0 Å². The Morgan fingerprint density at radius 3 is 2.09 bits per heavy atom. The third-order valence-corrected chi connectivity index (χ3v) is 1.43. The fraction of sp³-hybridized carbons (Fsp3) is 0.333. The van der Waals surface area contributed by atoms with Crippen LogP contribution in [0.1, 0.15) is 0 Å². The van der Waals surface area contributed by atoms with E-state index in [1.807, 2.05) is 0 Å². The van der Waals surface area contributed by atoms with E-state index in [2.05, 4.69) is 4.74 Å². The van der Waals surface area contributed by atoms with Crippen LogP contribution >= 0.6 is 0 Å². The lowest BCUT2D eigenvalue weighted by Gasteiger charge is -2.03. The van der Waals surface area contributed by atoms with E-state index in [4.69, 9.17) is 5.11 Å². The molecule has 0 spiro atoms. The van der Waals surface area contributed by atoms with Crippen molar-refractivity contribution in [1.82, 2.24) is 4.90 Å². The molecular weight excluding hydrogens is 150 g/mol. The van der Waals surface area contributed by atoms with Crippen LogP contribution in [0.25, 0.3) is 0 Å². The van der Waals surface area contributed by atoms with Crippen molar-refractivity contribution in [2.24, 2.45) is 0 Å². The lowest BCUT2D eigenvalue weighted by molar-refractivity contribution is -0.137. The van der Waals surface area contributed by atoms with Crippen LogP contribution in [-0.2, 0) is 14.3 Å². The van der Waals surface area contributed by atoms with Gasteiger partial charge in [0.15, 0.2) is 0 Å². The molecular formula is C6H7NO4. The number of carbonyl (C=O) groups is 2. The first-order chi connectivity index (χ1) is 5.09. The molecule has 1 aliphatic rings. The molecule has 0 aliphatic carbocycles. The normalized spacial score (nSPS) is 18.2. The van der Waals surface area contributed by atoms with Crippen LogP contribution in [0.2, 0.25) is 0 Å². The molecule has 0 aromatic carbocycles. The lowest BCUT2D eigenvalue weighted by Crippen LogP contribution is -2.27. The van der Waals surface area contributed by atoms with Gasteiger partial charge in [0.25, 0.3) is 11.8 Å². The number of hydrogen-bond donors (Lipinski definition) is 1. The Hall–Kier alpha value is -1.52. The summed E-state index contributed by atoms with van der Waals surface area (Å²) >= 11 is 0. The van der Waals surface area contributed by atoms with Gasteiger partial charge in [0.05, 0.1) is 7.11 Å². The standard InChI is InChI=1S/C6H7NO4/c1-7-5(9)3(8)4(11-2)6(7)10/h8H,1-2H3. The number of aliphatic hydroxyl groups excluding tert-OH is 1. The Labute approximate surface area is 62.9 Å². The van der Waals surface area contributed by atoms with Crippen molar-refractivity contribution in [1.29, 1.82) is 0 Å². The van der Waals surface area contributed by atoms with Crippen LogP contribution in [0.5, 0.6) is 0 Å². The van der Waals surface area contributed by atoms with Gasteiger partial charge >= 0.3 is 0 Å². The predicted octanol–water partition coefficient (Wildman–Crippen LogP) is -0.599. The van der Waals surface area contributed by atoms with Crippen LogP contribution < -0.4 is 0 Å². The van der Waals surface area contributed by atoms with E-state index >= 15 is 0 Å². The quantitative estimate of drug-likeness (QED) is 0.516. The second-order valence-corrected chi connectivity index (χ2v) is 2.05. The molecule has 1 N–H and O–H groups in total. The van der Waals surface area contributed by atoms with Gasteiger partial charge in [0.2, 0.25) is 11.5 Å². The summed E-state index contributed by atoms with van der Waals surface area (Å²) in [7, 11) is 2.49. The maximum atomic E-state index is 10.9. The minimum Gasteiger partial charge on any atom is -0.500 e. The topological polar surface area (TPSA) is 66.8 Å². The number of likely N-dealkylation sites (N-methyl/N-ethyl adjacent to an activating group) is 1. The molecule has 0 unspecified atom stereocenters. The zero-order valence-corrected chi connectivity index (χ0v) is 6.12. The largest absolute Gasteiger partial charge is 0.500 e. The van der Waals surface area contributed by atoms with Crippen molar-refractivity contribution in [3.05, 3.63) is 11.5 Å². The van der Waals surface area contributed by atoms with Crippen molar-refractivity contribution in [3.63, 3.8) is 0 Å². The van der Waals surface area contributed by atoms with Gasteiger partial charge in [-0.05, 0) is 0 Å². The molecule has 5 nitrogen and oxygen atoms in total. The van der Waals surface area contributed by atoms with E-state index in [0.29, 0.717) is 0 Å². The Morgan fingerprint density at radius 1 is 1.36 bits per heavy atom. The average molecular weight is 157 g/mol. The first-order valence-electron chi connectivity index (χ1n) is 2.89. The molecule has 0 bridgehead atoms. The van der Waals surface area contributed by atoms with E-state index in [9.17, 15) is 9.59 Å². The highest BCUT2D eigenvalue weighted by atomic mass is 16.5. The van der Waals surface area contributed by atoms with Crippen molar-refractivity contribution in [2.45, 2.75) is 0 Å². The van der Waals surface area contributed by atoms with E-state index in [1.165, 1.54) is 14.2 Å². The van der Waals surface area contributed by atoms with Crippen LogP contribution in [0, 0.1) is 0 Å². The summed E-state index contributed by atoms with van der Waals surface area (Å²) in [5.41, 5.74) is 0. The number of amides is 2. The molecule has 0 aromatic rings. The SMILES string of the molecule is COC1=C(O)C(=O)N(C)C1=O. The molecule has 0 aromatic heterocycles. The minimum absolute atomic E-state index is 0.294. The summed E-state index contributed by atoms with van der Waals surface area (Å²) in [6.45, 7) is 0. The van der Waals surface area contributed by atoms with E-state index in [-0.39, 0.29) is 5.76 Å². The Balaban J connectivity index is 3.08. The summed E-state index contributed by atoms with van der Waals surface area (Å²) in [5.74, 6) is -2.26. The van der Waals surface area contributed by atoms with Crippen LogP contribution in [0.4, 0.5) is 0 Å². The third kappa shape index (κ3) is 0.849. The molecule has 0 radical (unpaired) electrons.